The number of rotatable bonds is 4. The van der Waals surface area contributed by atoms with E-state index in [1.165, 1.54) is 19.3 Å². The summed E-state index contributed by atoms with van der Waals surface area (Å²) < 4.78 is 5.88. The molecule has 1 aromatic carbocycles. The van der Waals surface area contributed by atoms with E-state index in [1.54, 1.807) is 6.07 Å². The first kappa shape index (κ1) is 13.2. The highest BCUT2D eigenvalue weighted by atomic mass is 16.5. The van der Waals surface area contributed by atoms with Crippen LogP contribution < -0.4 is 10.1 Å². The number of benzene rings is 1. The van der Waals surface area contributed by atoms with Gasteiger partial charge < -0.3 is 15.2 Å². The molecule has 1 unspecified atom stereocenters. The number of hydrogen-bond donors (Lipinski definition) is 2. The monoisotopic (exact) mass is 249 g/mol. The molecule has 1 saturated carbocycles. The third-order valence-electron chi connectivity index (χ3n) is 3.76. The highest BCUT2D eigenvalue weighted by Gasteiger charge is 2.17. The summed E-state index contributed by atoms with van der Waals surface area (Å²) in [6.45, 7) is 2.07. The van der Waals surface area contributed by atoms with Gasteiger partial charge in [-0.05, 0) is 57.4 Å². The van der Waals surface area contributed by atoms with Crippen molar-refractivity contribution in [2.75, 3.05) is 7.05 Å². The number of hydrogen-bond acceptors (Lipinski definition) is 3. The Hall–Kier alpha value is -1.22. The van der Waals surface area contributed by atoms with Crippen molar-refractivity contribution in [2.45, 2.75) is 51.2 Å². The molecule has 0 spiro atoms. The minimum Gasteiger partial charge on any atom is -0.504 e. The van der Waals surface area contributed by atoms with Gasteiger partial charge >= 0.3 is 0 Å². The summed E-state index contributed by atoms with van der Waals surface area (Å²) in [5.74, 6) is 0.870. The first-order valence-electron chi connectivity index (χ1n) is 6.87. The third kappa shape index (κ3) is 3.16. The molecule has 3 nitrogen and oxygen atoms in total. The lowest BCUT2D eigenvalue weighted by Gasteiger charge is -2.23. The van der Waals surface area contributed by atoms with Crippen molar-refractivity contribution in [3.05, 3.63) is 23.8 Å². The van der Waals surface area contributed by atoms with Gasteiger partial charge in [-0.15, -0.1) is 0 Å². The second-order valence-corrected chi connectivity index (χ2v) is 5.12. The molecule has 1 fully saturated rings. The van der Waals surface area contributed by atoms with Crippen molar-refractivity contribution in [3.63, 3.8) is 0 Å². The SMILES string of the molecule is CNC(C)c1ccc(OC2CCCCC2)c(O)c1. The molecule has 0 saturated heterocycles. The lowest BCUT2D eigenvalue weighted by Crippen LogP contribution is -2.19. The Morgan fingerprint density at radius 1 is 1.28 bits per heavy atom. The van der Waals surface area contributed by atoms with E-state index in [0.29, 0.717) is 5.75 Å². The van der Waals surface area contributed by atoms with Crippen LogP contribution in [-0.4, -0.2) is 18.3 Å². The highest BCUT2D eigenvalue weighted by Crippen LogP contribution is 2.32. The first-order valence-corrected chi connectivity index (χ1v) is 6.87. The minimum atomic E-state index is 0.236. The Labute approximate surface area is 109 Å². The van der Waals surface area contributed by atoms with E-state index in [1.807, 2.05) is 19.2 Å². The van der Waals surface area contributed by atoms with Crippen LogP contribution in [0.15, 0.2) is 18.2 Å². The topological polar surface area (TPSA) is 41.5 Å². The zero-order valence-electron chi connectivity index (χ0n) is 11.3. The molecule has 1 aliphatic rings. The molecule has 3 heteroatoms. The molecule has 2 rings (SSSR count). The summed E-state index contributed by atoms with van der Waals surface area (Å²) in [6, 6.07) is 5.92. The first-order chi connectivity index (χ1) is 8.70. The number of aromatic hydroxyl groups is 1. The maximum absolute atomic E-state index is 10.0. The van der Waals surface area contributed by atoms with Gasteiger partial charge in [0.2, 0.25) is 0 Å². The van der Waals surface area contributed by atoms with Crippen molar-refractivity contribution in [3.8, 4) is 11.5 Å². The molecule has 100 valence electrons. The Morgan fingerprint density at radius 3 is 2.61 bits per heavy atom. The van der Waals surface area contributed by atoms with Gasteiger partial charge in [-0.1, -0.05) is 12.5 Å². The van der Waals surface area contributed by atoms with Crippen molar-refractivity contribution in [1.29, 1.82) is 0 Å². The van der Waals surface area contributed by atoms with E-state index >= 15 is 0 Å². The van der Waals surface area contributed by atoms with Crippen molar-refractivity contribution < 1.29 is 9.84 Å². The van der Waals surface area contributed by atoms with E-state index in [4.69, 9.17) is 4.74 Å². The number of ether oxygens (including phenoxy) is 1. The predicted molar refractivity (Wildman–Crippen MR) is 73.1 cm³/mol. The second kappa shape index (κ2) is 6.10. The Morgan fingerprint density at radius 2 is 2.00 bits per heavy atom. The Bertz CT molecular complexity index is 386. The summed E-state index contributed by atoms with van der Waals surface area (Å²) in [7, 11) is 1.91. The van der Waals surface area contributed by atoms with Crippen LogP contribution >= 0.6 is 0 Å². The second-order valence-electron chi connectivity index (χ2n) is 5.12. The molecule has 0 bridgehead atoms. The molecule has 2 N–H and O–H groups in total. The van der Waals surface area contributed by atoms with Gasteiger partial charge in [0.05, 0.1) is 6.10 Å². The fourth-order valence-corrected chi connectivity index (χ4v) is 2.43. The summed E-state index contributed by atoms with van der Waals surface area (Å²) in [5.41, 5.74) is 1.07. The van der Waals surface area contributed by atoms with Crippen LogP contribution in [-0.2, 0) is 0 Å². The van der Waals surface area contributed by atoms with Crippen LogP contribution in [0.1, 0.15) is 50.6 Å². The van der Waals surface area contributed by atoms with Gasteiger partial charge in [0.15, 0.2) is 11.5 Å². The lowest BCUT2D eigenvalue weighted by atomic mass is 9.98. The van der Waals surface area contributed by atoms with Gasteiger partial charge in [0.1, 0.15) is 0 Å². The summed E-state index contributed by atoms with van der Waals surface area (Å²) >= 11 is 0. The molecule has 0 aromatic heterocycles. The van der Waals surface area contributed by atoms with Gasteiger partial charge in [-0.3, -0.25) is 0 Å². The molecule has 18 heavy (non-hydrogen) atoms. The molecule has 0 aliphatic heterocycles. The Balaban J connectivity index is 2.04. The molecular formula is C15H23NO2. The van der Waals surface area contributed by atoms with E-state index < -0.39 is 0 Å². The minimum absolute atomic E-state index is 0.236. The van der Waals surface area contributed by atoms with Crippen molar-refractivity contribution in [2.24, 2.45) is 0 Å². The largest absolute Gasteiger partial charge is 0.504 e. The summed E-state index contributed by atoms with van der Waals surface area (Å²) in [5, 5.41) is 13.2. The van der Waals surface area contributed by atoms with Crippen LogP contribution in [0.25, 0.3) is 0 Å². The fourth-order valence-electron chi connectivity index (χ4n) is 2.43. The van der Waals surface area contributed by atoms with Crippen LogP contribution in [0, 0.1) is 0 Å². The fraction of sp³-hybridized carbons (Fsp3) is 0.600. The van der Waals surface area contributed by atoms with Crippen molar-refractivity contribution in [1.82, 2.24) is 5.32 Å². The smallest absolute Gasteiger partial charge is 0.161 e. The van der Waals surface area contributed by atoms with Gasteiger partial charge in [-0.2, -0.15) is 0 Å². The number of phenolic OH excluding ortho intramolecular Hbond substituents is 1. The molecule has 0 amide bonds. The number of phenols is 1. The van der Waals surface area contributed by atoms with Crippen molar-refractivity contribution >= 4 is 0 Å². The predicted octanol–water partition coefficient (Wildman–Crippen LogP) is 3.38. The van der Waals surface area contributed by atoms with Gasteiger partial charge in [0.25, 0.3) is 0 Å². The van der Waals surface area contributed by atoms with Crippen LogP contribution in [0.5, 0.6) is 11.5 Å². The molecule has 1 aromatic rings. The quantitative estimate of drug-likeness (QED) is 0.859. The standard InChI is InChI=1S/C15H23NO2/c1-11(16-2)12-8-9-15(14(17)10-12)18-13-6-4-3-5-7-13/h8-11,13,16-17H,3-7H2,1-2H3. The van der Waals surface area contributed by atoms with Gasteiger partial charge in [0, 0.05) is 6.04 Å². The van der Waals surface area contributed by atoms with Crippen LogP contribution in [0.4, 0.5) is 0 Å². The summed E-state index contributed by atoms with van der Waals surface area (Å²) in [6.07, 6.45) is 6.27. The zero-order chi connectivity index (χ0) is 13.0. The summed E-state index contributed by atoms with van der Waals surface area (Å²) in [4.78, 5) is 0. The van der Waals surface area contributed by atoms with E-state index in [2.05, 4.69) is 12.2 Å². The average Bonchev–Trinajstić information content (AvgIpc) is 2.41. The molecule has 0 radical (unpaired) electrons. The van der Waals surface area contributed by atoms with E-state index in [0.717, 1.165) is 18.4 Å². The van der Waals surface area contributed by atoms with Crippen LogP contribution in [0.2, 0.25) is 0 Å². The maximum Gasteiger partial charge on any atom is 0.161 e. The van der Waals surface area contributed by atoms with E-state index in [-0.39, 0.29) is 17.9 Å². The van der Waals surface area contributed by atoms with E-state index in [9.17, 15) is 5.11 Å². The number of nitrogens with one attached hydrogen (secondary N) is 1. The molecule has 1 aliphatic carbocycles. The maximum atomic E-state index is 10.0. The molecule has 0 heterocycles. The lowest BCUT2D eigenvalue weighted by molar-refractivity contribution is 0.150. The molecule has 1 atom stereocenters. The Kier molecular flexibility index (Phi) is 4.48. The molecular weight excluding hydrogens is 226 g/mol. The van der Waals surface area contributed by atoms with Gasteiger partial charge in [-0.25, -0.2) is 0 Å². The third-order valence-corrected chi connectivity index (χ3v) is 3.76. The average molecular weight is 249 g/mol. The van der Waals surface area contributed by atoms with Crippen LogP contribution in [0.3, 0.4) is 0 Å². The zero-order valence-corrected chi connectivity index (χ0v) is 11.3. The highest BCUT2D eigenvalue weighted by molar-refractivity contribution is 5.42. The normalized spacial score (nSPS) is 18.6.